The number of nitrogens with zero attached hydrogens (tertiary/aromatic N) is 2. The van der Waals surface area contributed by atoms with E-state index in [1.165, 1.54) is 19.2 Å². The van der Waals surface area contributed by atoms with E-state index in [4.69, 9.17) is 0 Å². The van der Waals surface area contributed by atoms with Crippen LogP contribution in [0.15, 0.2) is 16.6 Å². The lowest BCUT2D eigenvalue weighted by atomic mass is 9.86. The quantitative estimate of drug-likeness (QED) is 0.708. The van der Waals surface area contributed by atoms with Gasteiger partial charge in [-0.2, -0.15) is 18.3 Å². The largest absolute Gasteiger partial charge is 0.399 e. The molecule has 0 aliphatic rings. The van der Waals surface area contributed by atoms with Gasteiger partial charge in [0, 0.05) is 16.9 Å². The fourth-order valence-corrected chi connectivity index (χ4v) is 2.53. The SMILES string of the molecule is Cn1nc2c(F)cc(Br)cc2c1C(C)(C)C(F)(F)F. The van der Waals surface area contributed by atoms with Crippen LogP contribution in [0.1, 0.15) is 19.5 Å². The van der Waals surface area contributed by atoms with Gasteiger partial charge < -0.3 is 0 Å². The van der Waals surface area contributed by atoms with Crippen molar-refractivity contribution in [3.63, 3.8) is 0 Å². The van der Waals surface area contributed by atoms with E-state index in [1.807, 2.05) is 0 Å². The summed E-state index contributed by atoms with van der Waals surface area (Å²) in [6.07, 6.45) is -4.45. The van der Waals surface area contributed by atoms with Gasteiger partial charge in [0.1, 0.15) is 10.9 Å². The molecule has 0 spiro atoms. The first-order valence-electron chi connectivity index (χ1n) is 5.44. The maximum absolute atomic E-state index is 13.7. The van der Waals surface area contributed by atoms with E-state index in [0.717, 1.165) is 18.5 Å². The second-order valence-electron chi connectivity index (χ2n) is 4.88. The molecule has 1 heterocycles. The number of hydrogen-bond donors (Lipinski definition) is 0. The molecule has 2 rings (SSSR count). The molecular formula is C12H11BrF4N2. The van der Waals surface area contributed by atoms with Crippen LogP contribution in [0.25, 0.3) is 10.9 Å². The van der Waals surface area contributed by atoms with Crippen molar-refractivity contribution in [3.05, 3.63) is 28.1 Å². The van der Waals surface area contributed by atoms with Gasteiger partial charge in [-0.05, 0) is 26.0 Å². The van der Waals surface area contributed by atoms with E-state index in [1.54, 1.807) is 0 Å². The third kappa shape index (κ3) is 2.13. The lowest BCUT2D eigenvalue weighted by molar-refractivity contribution is -0.181. The van der Waals surface area contributed by atoms with Crippen molar-refractivity contribution >= 4 is 26.8 Å². The maximum Gasteiger partial charge on any atom is 0.399 e. The molecule has 0 aliphatic heterocycles. The molecule has 7 heteroatoms. The zero-order valence-corrected chi connectivity index (χ0v) is 12.0. The van der Waals surface area contributed by atoms with Gasteiger partial charge in [0.2, 0.25) is 0 Å². The normalized spacial score (nSPS) is 13.3. The Hall–Kier alpha value is -1.11. The first-order chi connectivity index (χ1) is 8.55. The molecule has 0 atom stereocenters. The Kier molecular flexibility index (Phi) is 3.16. The molecule has 19 heavy (non-hydrogen) atoms. The highest BCUT2D eigenvalue weighted by atomic mass is 79.9. The third-order valence-electron chi connectivity index (χ3n) is 3.16. The zero-order chi connectivity index (χ0) is 14.6. The van der Waals surface area contributed by atoms with Crippen molar-refractivity contribution in [1.82, 2.24) is 9.78 Å². The van der Waals surface area contributed by atoms with Crippen LogP contribution in [-0.2, 0) is 12.5 Å². The molecule has 0 fully saturated rings. The van der Waals surface area contributed by atoms with E-state index >= 15 is 0 Å². The van der Waals surface area contributed by atoms with Crippen LogP contribution in [0.3, 0.4) is 0 Å². The highest BCUT2D eigenvalue weighted by Crippen LogP contribution is 2.43. The van der Waals surface area contributed by atoms with Crippen LogP contribution in [0.5, 0.6) is 0 Å². The lowest BCUT2D eigenvalue weighted by Crippen LogP contribution is -2.38. The number of aromatic nitrogens is 2. The van der Waals surface area contributed by atoms with Crippen molar-refractivity contribution in [3.8, 4) is 0 Å². The van der Waals surface area contributed by atoms with Crippen LogP contribution in [0, 0.1) is 5.82 Å². The summed E-state index contributed by atoms with van der Waals surface area (Å²) in [6.45, 7) is 2.12. The molecule has 0 N–H and O–H groups in total. The molecule has 0 saturated carbocycles. The molecule has 0 aliphatic carbocycles. The van der Waals surface area contributed by atoms with Gasteiger partial charge in [0.25, 0.3) is 0 Å². The van der Waals surface area contributed by atoms with E-state index in [2.05, 4.69) is 21.0 Å². The summed E-state index contributed by atoms with van der Waals surface area (Å²) < 4.78 is 54.7. The van der Waals surface area contributed by atoms with Crippen LogP contribution in [0.4, 0.5) is 17.6 Å². The van der Waals surface area contributed by atoms with E-state index in [9.17, 15) is 17.6 Å². The topological polar surface area (TPSA) is 17.8 Å². The van der Waals surface area contributed by atoms with Gasteiger partial charge >= 0.3 is 6.18 Å². The van der Waals surface area contributed by atoms with Crippen molar-refractivity contribution in [1.29, 1.82) is 0 Å². The molecule has 2 nitrogen and oxygen atoms in total. The minimum atomic E-state index is -4.45. The second-order valence-corrected chi connectivity index (χ2v) is 5.79. The van der Waals surface area contributed by atoms with Crippen molar-refractivity contribution in [2.45, 2.75) is 25.4 Å². The predicted octanol–water partition coefficient (Wildman–Crippen LogP) is 4.31. The van der Waals surface area contributed by atoms with E-state index in [0.29, 0.717) is 4.47 Å². The molecule has 0 bridgehead atoms. The zero-order valence-electron chi connectivity index (χ0n) is 10.4. The summed E-state index contributed by atoms with van der Waals surface area (Å²) in [6, 6.07) is 2.63. The molecular weight excluding hydrogens is 328 g/mol. The average Bonchev–Trinajstić information content (AvgIpc) is 2.53. The molecule has 0 saturated heterocycles. The number of hydrogen-bond acceptors (Lipinski definition) is 1. The van der Waals surface area contributed by atoms with Gasteiger partial charge in [-0.25, -0.2) is 4.39 Å². The summed E-state index contributed by atoms with van der Waals surface area (Å²) in [4.78, 5) is 0. The van der Waals surface area contributed by atoms with Crippen molar-refractivity contribution in [2.75, 3.05) is 0 Å². The first-order valence-corrected chi connectivity index (χ1v) is 6.24. The van der Waals surface area contributed by atoms with Crippen LogP contribution < -0.4 is 0 Å². The Morgan fingerprint density at radius 3 is 2.32 bits per heavy atom. The van der Waals surface area contributed by atoms with Gasteiger partial charge in [0.15, 0.2) is 5.82 Å². The van der Waals surface area contributed by atoms with Crippen LogP contribution in [0.2, 0.25) is 0 Å². The highest BCUT2D eigenvalue weighted by Gasteiger charge is 2.51. The summed E-state index contributed by atoms with van der Waals surface area (Å²) in [7, 11) is 1.39. The summed E-state index contributed by atoms with van der Waals surface area (Å²) in [5, 5.41) is 4.02. The molecule has 0 amide bonds. The standard InChI is InChI=1S/C12H11BrF4N2/c1-11(2,12(15,16)17)10-7-4-6(13)5-8(14)9(7)18-19(10)3/h4-5H,1-3H3. The van der Waals surface area contributed by atoms with Gasteiger partial charge in [-0.15, -0.1) is 0 Å². The fraction of sp³-hybridized carbons (Fsp3) is 0.417. The van der Waals surface area contributed by atoms with Gasteiger partial charge in [-0.1, -0.05) is 15.9 Å². The average molecular weight is 339 g/mol. The molecule has 0 radical (unpaired) electrons. The summed E-state index contributed by atoms with van der Waals surface area (Å²) in [5.41, 5.74) is -2.24. The second kappa shape index (κ2) is 4.19. The first kappa shape index (κ1) is 14.3. The Balaban J connectivity index is 2.85. The smallest absolute Gasteiger partial charge is 0.270 e. The molecule has 104 valence electrons. The number of alkyl halides is 3. The van der Waals surface area contributed by atoms with E-state index < -0.39 is 17.4 Å². The third-order valence-corrected chi connectivity index (χ3v) is 3.62. The predicted molar refractivity (Wildman–Crippen MR) is 67.5 cm³/mol. The Morgan fingerprint density at radius 1 is 1.21 bits per heavy atom. The molecule has 1 aromatic carbocycles. The van der Waals surface area contributed by atoms with Gasteiger partial charge in [-0.3, -0.25) is 4.68 Å². The van der Waals surface area contributed by atoms with Crippen LogP contribution in [-0.4, -0.2) is 16.0 Å². The lowest BCUT2D eigenvalue weighted by Gasteiger charge is -2.28. The number of aryl methyl sites for hydroxylation is 1. The highest BCUT2D eigenvalue weighted by molar-refractivity contribution is 9.10. The Labute approximate surface area is 115 Å². The van der Waals surface area contributed by atoms with Crippen LogP contribution >= 0.6 is 15.9 Å². The Bertz CT molecular complexity index is 643. The summed E-state index contributed by atoms with van der Waals surface area (Å²) >= 11 is 3.09. The number of rotatable bonds is 1. The molecule has 1 aromatic heterocycles. The number of fused-ring (bicyclic) bond motifs is 1. The number of halogens is 5. The van der Waals surface area contributed by atoms with Gasteiger partial charge in [0.05, 0.1) is 5.69 Å². The minimum absolute atomic E-state index is 0.0574. The van der Waals surface area contributed by atoms with Crippen molar-refractivity contribution in [2.24, 2.45) is 7.05 Å². The number of benzene rings is 1. The summed E-state index contributed by atoms with van der Waals surface area (Å²) in [5.74, 6) is -0.649. The Morgan fingerprint density at radius 2 is 1.79 bits per heavy atom. The monoisotopic (exact) mass is 338 g/mol. The fourth-order valence-electron chi connectivity index (χ4n) is 2.10. The molecule has 2 aromatic rings. The maximum atomic E-state index is 13.7. The molecule has 0 unspecified atom stereocenters. The van der Waals surface area contributed by atoms with E-state index in [-0.39, 0.29) is 16.6 Å². The minimum Gasteiger partial charge on any atom is -0.270 e. The van der Waals surface area contributed by atoms with Crippen molar-refractivity contribution < 1.29 is 17.6 Å².